The molecule has 9 heteroatoms. The van der Waals surface area contributed by atoms with Gasteiger partial charge in [0.25, 0.3) is 0 Å². The minimum absolute atomic E-state index is 0.0977. The lowest BCUT2D eigenvalue weighted by atomic mass is 9.40. The Morgan fingerprint density at radius 3 is 1.26 bits per heavy atom. The first kappa shape index (κ1) is 60.3. The van der Waals surface area contributed by atoms with Crippen molar-refractivity contribution in [1.29, 1.82) is 0 Å². The molecule has 0 saturated heterocycles. The van der Waals surface area contributed by atoms with Crippen molar-refractivity contribution in [3.8, 4) is 0 Å². The Balaban J connectivity index is 1.53. The second kappa shape index (κ2) is 36.9. The largest absolute Gasteiger partial charge is 0.465 e. The van der Waals surface area contributed by atoms with Gasteiger partial charge in [-0.2, -0.15) is 0 Å². The molecule has 4 fully saturated rings. The van der Waals surface area contributed by atoms with Crippen molar-refractivity contribution >= 4 is 17.9 Å². The molecule has 0 aromatic rings. The van der Waals surface area contributed by atoms with Crippen LogP contribution in [0.2, 0.25) is 0 Å². The van der Waals surface area contributed by atoms with E-state index < -0.39 is 6.29 Å². The number of hydrogen-bond donors (Lipinski definition) is 0. The molecule has 4 saturated carbocycles. The van der Waals surface area contributed by atoms with Gasteiger partial charge in [0.15, 0.2) is 6.29 Å². The molecule has 0 aliphatic heterocycles. The first-order valence-corrected chi connectivity index (χ1v) is 29.2. The van der Waals surface area contributed by atoms with E-state index in [4.69, 9.17) is 23.7 Å². The number of ether oxygens (including phenoxy) is 5. The number of rotatable bonds is 46. The van der Waals surface area contributed by atoms with E-state index in [1.807, 2.05) is 0 Å². The van der Waals surface area contributed by atoms with Crippen molar-refractivity contribution in [3.05, 3.63) is 12.2 Å². The number of hydrogen-bond acceptors (Lipinski definition) is 9. The number of esters is 3. The minimum Gasteiger partial charge on any atom is -0.465 e. The summed E-state index contributed by atoms with van der Waals surface area (Å²) in [5.41, 5.74) is -0.614. The second-order valence-corrected chi connectivity index (χ2v) is 22.2. The summed E-state index contributed by atoms with van der Waals surface area (Å²) < 4.78 is 31.1. The average molecular weight is 959 g/mol. The van der Waals surface area contributed by atoms with Crippen molar-refractivity contribution in [2.24, 2.45) is 22.2 Å². The number of carbonyl (C=O) groups excluding carboxylic acids is 3. The molecule has 0 aromatic carbocycles. The fourth-order valence-corrected chi connectivity index (χ4v) is 12.4. The molecule has 4 aliphatic rings. The van der Waals surface area contributed by atoms with Crippen LogP contribution in [0.15, 0.2) is 12.2 Å². The van der Waals surface area contributed by atoms with E-state index in [1.165, 1.54) is 109 Å². The van der Waals surface area contributed by atoms with Crippen molar-refractivity contribution < 1.29 is 38.1 Å². The maximum Gasteiger partial charge on any atom is 0.305 e. The average Bonchev–Trinajstić information content (AvgIpc) is 3.32. The predicted molar refractivity (Wildman–Crippen MR) is 280 cm³/mol. The minimum atomic E-state index is -0.400. The highest BCUT2D eigenvalue weighted by atomic mass is 16.7. The van der Waals surface area contributed by atoms with Crippen LogP contribution in [0.5, 0.6) is 0 Å². The van der Waals surface area contributed by atoms with Gasteiger partial charge in [0.05, 0.1) is 26.2 Å². The van der Waals surface area contributed by atoms with E-state index in [-0.39, 0.29) is 40.6 Å². The molecule has 9 nitrogen and oxygen atoms in total. The molecule has 4 aliphatic carbocycles. The van der Waals surface area contributed by atoms with Gasteiger partial charge in [-0.1, -0.05) is 162 Å². The van der Waals surface area contributed by atoms with Crippen LogP contribution in [0.4, 0.5) is 0 Å². The van der Waals surface area contributed by atoms with E-state index in [0.717, 1.165) is 116 Å². The lowest BCUT2D eigenvalue weighted by Crippen LogP contribution is -2.61. The van der Waals surface area contributed by atoms with Gasteiger partial charge in [-0.05, 0) is 115 Å². The molecule has 0 N–H and O–H groups in total. The summed E-state index contributed by atoms with van der Waals surface area (Å²) in [4.78, 5) is 42.3. The molecule has 396 valence electrons. The summed E-state index contributed by atoms with van der Waals surface area (Å²) in [5, 5.41) is 0. The van der Waals surface area contributed by atoms with Crippen LogP contribution in [0.1, 0.15) is 266 Å². The fraction of sp³-hybridized carbons (Fsp3) is 0.915. The molecule has 0 radical (unpaired) electrons. The summed E-state index contributed by atoms with van der Waals surface area (Å²) in [5.74, 6) is -0.00273. The van der Waals surface area contributed by atoms with Gasteiger partial charge in [0.1, 0.15) is 0 Å². The molecule has 0 aromatic heterocycles. The Kier molecular flexibility index (Phi) is 32.7. The molecule has 4 atom stereocenters. The zero-order valence-corrected chi connectivity index (χ0v) is 45.1. The second-order valence-electron chi connectivity index (χ2n) is 22.2. The van der Waals surface area contributed by atoms with Crippen LogP contribution in [-0.4, -0.2) is 81.8 Å². The number of unbranched alkanes of at least 4 members (excludes halogenated alkanes) is 21. The van der Waals surface area contributed by atoms with E-state index in [9.17, 15) is 14.4 Å². The Morgan fingerprint density at radius 2 is 0.838 bits per heavy atom. The van der Waals surface area contributed by atoms with Gasteiger partial charge in [0.2, 0.25) is 0 Å². The molecular weight excluding hydrogens is 851 g/mol. The number of nitrogens with zero attached hydrogens (tertiary/aromatic N) is 1. The number of carbonyl (C=O) groups is 3. The van der Waals surface area contributed by atoms with Gasteiger partial charge >= 0.3 is 17.9 Å². The molecule has 4 bridgehead atoms. The Morgan fingerprint density at radius 1 is 0.471 bits per heavy atom. The quantitative estimate of drug-likeness (QED) is 0.0194. The zero-order valence-electron chi connectivity index (χ0n) is 45.1. The van der Waals surface area contributed by atoms with Gasteiger partial charge in [-0.25, -0.2) is 0 Å². The fourth-order valence-electron chi connectivity index (χ4n) is 12.4. The summed E-state index contributed by atoms with van der Waals surface area (Å²) in [6, 6.07) is 0. The monoisotopic (exact) mass is 958 g/mol. The molecule has 0 spiro atoms. The Bertz CT molecular complexity index is 1320. The third-order valence-corrected chi connectivity index (χ3v) is 15.6. The smallest absolute Gasteiger partial charge is 0.305 e. The van der Waals surface area contributed by atoms with Crippen LogP contribution in [0.3, 0.4) is 0 Å². The van der Waals surface area contributed by atoms with E-state index >= 15 is 0 Å². The van der Waals surface area contributed by atoms with Gasteiger partial charge in [-0.3, -0.25) is 14.4 Å². The van der Waals surface area contributed by atoms with Crippen LogP contribution in [-0.2, 0) is 38.1 Å². The molecule has 0 heterocycles. The summed E-state index contributed by atoms with van der Waals surface area (Å²) >= 11 is 0. The highest BCUT2D eigenvalue weighted by Crippen LogP contribution is 2.70. The van der Waals surface area contributed by atoms with Crippen LogP contribution in [0.25, 0.3) is 0 Å². The lowest BCUT2D eigenvalue weighted by Gasteiger charge is -2.66. The Labute approximate surface area is 418 Å². The Hall–Kier alpha value is -1.97. The van der Waals surface area contributed by atoms with Gasteiger partial charge in [-0.15, -0.1) is 0 Å². The third-order valence-electron chi connectivity index (χ3n) is 15.6. The lowest BCUT2D eigenvalue weighted by molar-refractivity contribution is -0.213. The molecule has 4 rings (SSSR count). The van der Waals surface area contributed by atoms with Crippen molar-refractivity contribution in [2.75, 3.05) is 52.7 Å². The van der Waals surface area contributed by atoms with Crippen molar-refractivity contribution in [3.63, 3.8) is 0 Å². The summed E-state index contributed by atoms with van der Waals surface area (Å²) in [6.45, 7) is 16.4. The first-order chi connectivity index (χ1) is 33.1. The highest BCUT2D eigenvalue weighted by molar-refractivity contribution is 5.70. The predicted octanol–water partition coefficient (Wildman–Crippen LogP) is 15.6. The van der Waals surface area contributed by atoms with Gasteiger partial charge in [0, 0.05) is 48.7 Å². The SMILES string of the molecule is CCCCCCCC/C=C\CCCCCCCC(=O)OCC12CC3CC(COC(=O)CCCN(CC)CC)(C1)CC(COC(=O)CCC(OCCCCCCCC)OCCCCCCCC)(C3)C2. The van der Waals surface area contributed by atoms with E-state index in [2.05, 4.69) is 51.7 Å². The van der Waals surface area contributed by atoms with E-state index in [1.54, 1.807) is 0 Å². The third kappa shape index (κ3) is 25.9. The summed E-state index contributed by atoms with van der Waals surface area (Å²) in [6.07, 6.45) is 42.8. The number of allylic oxidation sites excluding steroid dienone is 2. The van der Waals surface area contributed by atoms with E-state index in [0.29, 0.717) is 58.2 Å². The van der Waals surface area contributed by atoms with Crippen LogP contribution < -0.4 is 0 Å². The maximum absolute atomic E-state index is 13.6. The van der Waals surface area contributed by atoms with Crippen LogP contribution >= 0.6 is 0 Å². The first-order valence-electron chi connectivity index (χ1n) is 29.2. The molecule has 0 amide bonds. The molecule has 4 unspecified atom stereocenters. The normalized spacial score (nSPS) is 22.0. The highest BCUT2D eigenvalue weighted by Gasteiger charge is 2.64. The van der Waals surface area contributed by atoms with Crippen molar-refractivity contribution in [1.82, 2.24) is 4.90 Å². The summed E-state index contributed by atoms with van der Waals surface area (Å²) in [7, 11) is 0. The van der Waals surface area contributed by atoms with Crippen LogP contribution in [0, 0.1) is 22.2 Å². The molecule has 68 heavy (non-hydrogen) atoms. The van der Waals surface area contributed by atoms with Gasteiger partial charge < -0.3 is 28.6 Å². The molecular formula is C59H107NO8. The van der Waals surface area contributed by atoms with Crippen molar-refractivity contribution in [2.45, 2.75) is 272 Å². The maximum atomic E-state index is 13.6. The standard InChI is InChI=1S/C59H107NO8/c1-6-11-14-17-20-21-22-23-24-25-26-27-28-29-32-36-53(61)66-49-57-43-52-44-58(46-57,50-67-54(62)37-35-40-60(9-4)10-5)48-59(45-52,47-57)51-68-55(63)38-39-56(64-41-33-30-18-15-12-7-2)65-42-34-31-19-16-13-8-3/h23-24,52,56H,6-22,25-51H2,1-5H3/b24-23-. The zero-order chi connectivity index (χ0) is 49.0. The topological polar surface area (TPSA) is 101 Å².